The summed E-state index contributed by atoms with van der Waals surface area (Å²) in [7, 11) is 0. The number of amides is 1. The number of hydrogen-bond donors (Lipinski definition) is 0. The van der Waals surface area contributed by atoms with Crippen LogP contribution in [0.25, 0.3) is 0 Å². The number of aryl methyl sites for hydroxylation is 2. The highest BCUT2D eigenvalue weighted by Crippen LogP contribution is 2.50. The summed E-state index contributed by atoms with van der Waals surface area (Å²) in [5, 5.41) is 0.642. The molecule has 3 aromatic rings. The smallest absolute Gasteiger partial charge is 0.246 e. The molecule has 0 N–H and O–H groups in total. The molecule has 0 aliphatic carbocycles. The van der Waals surface area contributed by atoms with Crippen molar-refractivity contribution >= 4 is 28.9 Å². The fourth-order valence-corrected chi connectivity index (χ4v) is 4.70. The molecule has 1 heterocycles. The summed E-state index contributed by atoms with van der Waals surface area (Å²) in [6.07, 6.45) is 0. The molecule has 1 aliphatic heterocycles. The average molecular weight is 418 g/mol. The number of anilines is 2. The molecule has 0 aromatic heterocycles. The molecule has 3 heteroatoms. The van der Waals surface area contributed by atoms with E-state index in [-0.39, 0.29) is 11.3 Å². The predicted octanol–water partition coefficient (Wildman–Crippen LogP) is 7.24. The standard InChI is InChI=1S/C27H28ClNO/c1-17-8-7-9-21(14-17)29-24-13-11-20(28)16-23(24)27(6,25(29)30)22-12-10-19(15-18(22)2)26(3,4)5/h7-16H,1-6H3. The summed E-state index contributed by atoms with van der Waals surface area (Å²) in [5.74, 6) is 0.0528. The minimum Gasteiger partial charge on any atom is -0.280 e. The highest BCUT2D eigenvalue weighted by atomic mass is 35.5. The van der Waals surface area contributed by atoms with Gasteiger partial charge in [-0.05, 0) is 84.3 Å². The number of halogens is 1. The Balaban J connectivity index is 1.94. The Morgan fingerprint density at radius 3 is 2.27 bits per heavy atom. The zero-order chi connectivity index (χ0) is 21.8. The Morgan fingerprint density at radius 2 is 1.63 bits per heavy atom. The van der Waals surface area contributed by atoms with Gasteiger partial charge in [0.05, 0.1) is 11.1 Å². The van der Waals surface area contributed by atoms with Gasteiger partial charge in [-0.1, -0.05) is 62.7 Å². The normalized spacial score (nSPS) is 18.6. The SMILES string of the molecule is Cc1cccc(N2C(=O)C(C)(c3ccc(C(C)(C)C)cc3C)c3cc(Cl)ccc32)c1. The number of carbonyl (C=O) groups excluding carboxylic acids is 1. The highest BCUT2D eigenvalue weighted by molar-refractivity contribution is 6.31. The summed E-state index contributed by atoms with van der Waals surface area (Å²) in [6.45, 7) is 12.8. The first-order chi connectivity index (χ1) is 14.0. The molecule has 1 amide bonds. The molecule has 0 radical (unpaired) electrons. The van der Waals surface area contributed by atoms with Crippen molar-refractivity contribution in [2.45, 2.75) is 52.4 Å². The Kier molecular flexibility index (Phi) is 4.82. The largest absolute Gasteiger partial charge is 0.280 e. The summed E-state index contributed by atoms with van der Waals surface area (Å²) >= 11 is 6.40. The van der Waals surface area contributed by atoms with Gasteiger partial charge in [-0.15, -0.1) is 0 Å². The van der Waals surface area contributed by atoms with Crippen molar-refractivity contribution in [3.63, 3.8) is 0 Å². The van der Waals surface area contributed by atoms with Crippen LogP contribution in [-0.2, 0) is 15.6 Å². The molecule has 0 spiro atoms. The molecule has 0 bridgehead atoms. The second-order valence-electron chi connectivity index (χ2n) is 9.55. The Labute approximate surface area is 184 Å². The van der Waals surface area contributed by atoms with E-state index in [1.807, 2.05) is 55.1 Å². The van der Waals surface area contributed by atoms with Gasteiger partial charge in [0.1, 0.15) is 0 Å². The lowest BCUT2D eigenvalue weighted by atomic mass is 9.74. The van der Waals surface area contributed by atoms with Crippen LogP contribution in [0.2, 0.25) is 5.02 Å². The lowest BCUT2D eigenvalue weighted by molar-refractivity contribution is -0.120. The van der Waals surface area contributed by atoms with Crippen LogP contribution in [0.5, 0.6) is 0 Å². The first-order valence-electron chi connectivity index (χ1n) is 10.4. The molecular weight excluding hydrogens is 390 g/mol. The van der Waals surface area contributed by atoms with Crippen LogP contribution in [0.4, 0.5) is 11.4 Å². The fourth-order valence-electron chi connectivity index (χ4n) is 4.53. The van der Waals surface area contributed by atoms with Gasteiger partial charge in [-0.2, -0.15) is 0 Å². The predicted molar refractivity (Wildman–Crippen MR) is 126 cm³/mol. The molecule has 1 atom stereocenters. The first-order valence-corrected chi connectivity index (χ1v) is 10.7. The van der Waals surface area contributed by atoms with Gasteiger partial charge in [0.25, 0.3) is 0 Å². The number of rotatable bonds is 2. The lowest BCUT2D eigenvalue weighted by Crippen LogP contribution is -2.37. The highest BCUT2D eigenvalue weighted by Gasteiger charge is 2.50. The fraction of sp³-hybridized carbons (Fsp3) is 0.296. The molecular formula is C27H28ClNO. The minimum absolute atomic E-state index is 0.0528. The van der Waals surface area contributed by atoms with E-state index in [1.54, 1.807) is 0 Å². The van der Waals surface area contributed by atoms with Gasteiger partial charge in [-0.25, -0.2) is 0 Å². The van der Waals surface area contributed by atoms with Crippen LogP contribution in [0.15, 0.2) is 60.7 Å². The molecule has 0 saturated carbocycles. The van der Waals surface area contributed by atoms with Gasteiger partial charge in [0, 0.05) is 10.7 Å². The van der Waals surface area contributed by atoms with E-state index in [1.165, 1.54) is 5.56 Å². The summed E-state index contributed by atoms with van der Waals surface area (Å²) in [4.78, 5) is 15.9. The van der Waals surface area contributed by atoms with Gasteiger partial charge in [0.2, 0.25) is 5.91 Å². The van der Waals surface area contributed by atoms with Crippen LogP contribution < -0.4 is 4.90 Å². The molecule has 2 nitrogen and oxygen atoms in total. The number of nitrogens with zero attached hydrogens (tertiary/aromatic N) is 1. The molecule has 0 fully saturated rings. The summed E-state index contributed by atoms with van der Waals surface area (Å²) in [6, 6.07) is 20.3. The molecule has 0 saturated heterocycles. The van der Waals surface area contributed by atoms with E-state index in [0.717, 1.165) is 33.6 Å². The van der Waals surface area contributed by atoms with Crippen molar-refractivity contribution < 1.29 is 4.79 Å². The third-order valence-electron chi connectivity index (χ3n) is 6.26. The minimum atomic E-state index is -0.801. The van der Waals surface area contributed by atoms with E-state index in [4.69, 9.17) is 11.6 Å². The third kappa shape index (κ3) is 3.15. The van der Waals surface area contributed by atoms with E-state index >= 15 is 0 Å². The van der Waals surface area contributed by atoms with Crippen LogP contribution >= 0.6 is 11.6 Å². The second-order valence-corrected chi connectivity index (χ2v) is 9.98. The maximum atomic E-state index is 14.0. The van der Waals surface area contributed by atoms with Crippen molar-refractivity contribution in [1.82, 2.24) is 0 Å². The van der Waals surface area contributed by atoms with Gasteiger partial charge in [-0.3, -0.25) is 9.69 Å². The number of fused-ring (bicyclic) bond motifs is 1. The molecule has 154 valence electrons. The van der Waals surface area contributed by atoms with Crippen LogP contribution in [0, 0.1) is 13.8 Å². The molecule has 1 unspecified atom stereocenters. The third-order valence-corrected chi connectivity index (χ3v) is 6.50. The van der Waals surface area contributed by atoms with Crippen molar-refractivity contribution in [3.05, 3.63) is 93.5 Å². The zero-order valence-corrected chi connectivity index (χ0v) is 19.3. The quantitative estimate of drug-likeness (QED) is 0.430. The van der Waals surface area contributed by atoms with Crippen LogP contribution in [0.1, 0.15) is 55.5 Å². The second kappa shape index (κ2) is 6.99. The Bertz CT molecular complexity index is 1160. The van der Waals surface area contributed by atoms with E-state index in [9.17, 15) is 4.79 Å². The lowest BCUT2D eigenvalue weighted by Gasteiger charge is -2.29. The topological polar surface area (TPSA) is 20.3 Å². The monoisotopic (exact) mass is 417 g/mol. The Hall–Kier alpha value is -2.58. The first kappa shape index (κ1) is 20.7. The van der Waals surface area contributed by atoms with Crippen molar-refractivity contribution in [2.75, 3.05) is 4.90 Å². The van der Waals surface area contributed by atoms with E-state index < -0.39 is 5.41 Å². The molecule has 3 aromatic carbocycles. The van der Waals surface area contributed by atoms with Crippen molar-refractivity contribution in [1.29, 1.82) is 0 Å². The van der Waals surface area contributed by atoms with Gasteiger partial charge < -0.3 is 0 Å². The summed E-state index contributed by atoms with van der Waals surface area (Å²) in [5.41, 5.74) is 6.52. The van der Waals surface area contributed by atoms with E-state index in [2.05, 4.69) is 52.0 Å². The van der Waals surface area contributed by atoms with Crippen LogP contribution in [0.3, 0.4) is 0 Å². The number of carbonyl (C=O) groups is 1. The molecule has 1 aliphatic rings. The van der Waals surface area contributed by atoms with Crippen molar-refractivity contribution in [3.8, 4) is 0 Å². The summed E-state index contributed by atoms with van der Waals surface area (Å²) < 4.78 is 0. The average Bonchev–Trinajstić information content (AvgIpc) is 2.89. The maximum Gasteiger partial charge on any atom is 0.246 e. The van der Waals surface area contributed by atoms with Gasteiger partial charge in [0.15, 0.2) is 0 Å². The van der Waals surface area contributed by atoms with Gasteiger partial charge >= 0.3 is 0 Å². The maximum absolute atomic E-state index is 14.0. The Morgan fingerprint density at radius 1 is 0.900 bits per heavy atom. The number of hydrogen-bond acceptors (Lipinski definition) is 1. The zero-order valence-electron chi connectivity index (χ0n) is 18.5. The molecule has 30 heavy (non-hydrogen) atoms. The van der Waals surface area contributed by atoms with Crippen molar-refractivity contribution in [2.24, 2.45) is 0 Å². The number of benzene rings is 3. The van der Waals surface area contributed by atoms with Crippen LogP contribution in [-0.4, -0.2) is 5.91 Å². The van der Waals surface area contributed by atoms with E-state index in [0.29, 0.717) is 5.02 Å². The molecule has 4 rings (SSSR count).